The summed E-state index contributed by atoms with van der Waals surface area (Å²) < 4.78 is 0. The Morgan fingerprint density at radius 3 is 2.76 bits per heavy atom. The van der Waals surface area contributed by atoms with Crippen molar-refractivity contribution < 1.29 is 0 Å². The molecule has 2 N–H and O–H groups in total. The van der Waals surface area contributed by atoms with E-state index in [1.165, 1.54) is 29.4 Å². The van der Waals surface area contributed by atoms with Crippen molar-refractivity contribution in [2.24, 2.45) is 5.92 Å². The fraction of sp³-hybridized carbons (Fsp3) is 0.259. The minimum atomic E-state index is 0.558. The Bertz CT molecular complexity index is 1410. The van der Waals surface area contributed by atoms with Crippen molar-refractivity contribution >= 4 is 28.2 Å². The van der Waals surface area contributed by atoms with Gasteiger partial charge in [0.25, 0.3) is 0 Å². The van der Waals surface area contributed by atoms with Gasteiger partial charge in [0, 0.05) is 54.6 Å². The summed E-state index contributed by atoms with van der Waals surface area (Å²) >= 11 is 0. The summed E-state index contributed by atoms with van der Waals surface area (Å²) in [5.74, 6) is 3.65. The Labute approximate surface area is 198 Å². The smallest absolute Gasteiger partial charge is 0.162 e. The number of fused-ring (bicyclic) bond motifs is 2. The van der Waals surface area contributed by atoms with Crippen LogP contribution in [0.25, 0.3) is 22.3 Å². The van der Waals surface area contributed by atoms with Gasteiger partial charge in [-0.15, -0.1) is 0 Å². The zero-order valence-corrected chi connectivity index (χ0v) is 18.8. The maximum atomic E-state index is 5.18. The van der Waals surface area contributed by atoms with Crippen molar-refractivity contribution in [2.45, 2.75) is 18.8 Å². The van der Waals surface area contributed by atoms with Crippen LogP contribution in [0.15, 0.2) is 72.8 Å². The molecule has 5 heterocycles. The minimum absolute atomic E-state index is 0.558. The molecule has 2 fully saturated rings. The standard InChI is InChI=1S/C27H25N7/c1-2-4-21(5-3-1)31-24-10-18(8-9-30-24)26-32-23-14-29-13-22(17-6-7-17)25(23)27(33-26)34-15-19-11-28-12-20(19)16-34/h1-5,8-11,13-14,17,20,28H,6-7,12,15-16H2,(H,30,31). The van der Waals surface area contributed by atoms with Gasteiger partial charge in [-0.3, -0.25) is 4.98 Å². The molecule has 7 rings (SSSR count). The molecule has 4 aromatic rings. The topological polar surface area (TPSA) is 78.9 Å². The molecule has 3 aromatic heterocycles. The molecule has 2 aliphatic heterocycles. The predicted molar refractivity (Wildman–Crippen MR) is 134 cm³/mol. The second kappa shape index (κ2) is 7.80. The van der Waals surface area contributed by atoms with Crippen molar-refractivity contribution in [3.05, 3.63) is 78.4 Å². The van der Waals surface area contributed by atoms with Crippen LogP contribution in [0.4, 0.5) is 17.3 Å². The Balaban J connectivity index is 1.33. The monoisotopic (exact) mass is 447 g/mol. The van der Waals surface area contributed by atoms with E-state index in [1.54, 1.807) is 0 Å². The van der Waals surface area contributed by atoms with Crippen molar-refractivity contribution in [1.82, 2.24) is 25.3 Å². The van der Waals surface area contributed by atoms with Crippen molar-refractivity contribution in [3.63, 3.8) is 0 Å². The molecule has 0 radical (unpaired) electrons. The molecule has 1 aliphatic carbocycles. The second-order valence-corrected chi connectivity index (χ2v) is 9.39. The number of pyridine rings is 2. The summed E-state index contributed by atoms with van der Waals surface area (Å²) in [6.07, 6.45) is 10.3. The van der Waals surface area contributed by atoms with Gasteiger partial charge in [0.1, 0.15) is 11.6 Å². The lowest BCUT2D eigenvalue weighted by molar-refractivity contribution is 0.676. The van der Waals surface area contributed by atoms with Crippen LogP contribution in [-0.4, -0.2) is 39.6 Å². The molecule has 1 aromatic carbocycles. The number of anilines is 3. The Kier molecular flexibility index (Phi) is 4.46. The Hall–Kier alpha value is -4.00. The number of hydrogen-bond acceptors (Lipinski definition) is 7. The van der Waals surface area contributed by atoms with Crippen molar-refractivity contribution in [2.75, 3.05) is 29.9 Å². The predicted octanol–water partition coefficient (Wildman–Crippen LogP) is 4.63. The molecule has 34 heavy (non-hydrogen) atoms. The van der Waals surface area contributed by atoms with E-state index in [0.29, 0.717) is 17.7 Å². The van der Waals surface area contributed by atoms with Crippen LogP contribution in [-0.2, 0) is 0 Å². The van der Waals surface area contributed by atoms with Crippen LogP contribution in [0.1, 0.15) is 24.3 Å². The molecule has 7 heteroatoms. The zero-order valence-electron chi connectivity index (χ0n) is 18.8. The highest BCUT2D eigenvalue weighted by Gasteiger charge is 2.34. The lowest BCUT2D eigenvalue weighted by Crippen LogP contribution is -2.25. The van der Waals surface area contributed by atoms with Gasteiger partial charge in [0.2, 0.25) is 0 Å². The lowest BCUT2D eigenvalue weighted by atomic mass is 10.1. The van der Waals surface area contributed by atoms with Gasteiger partial charge >= 0.3 is 0 Å². The summed E-state index contributed by atoms with van der Waals surface area (Å²) in [5, 5.41) is 7.94. The molecule has 0 spiro atoms. The molecule has 0 bridgehead atoms. The van der Waals surface area contributed by atoms with Gasteiger partial charge < -0.3 is 15.5 Å². The minimum Gasteiger partial charge on any atom is -0.390 e. The first kappa shape index (κ1) is 19.5. The highest BCUT2D eigenvalue weighted by atomic mass is 15.2. The largest absolute Gasteiger partial charge is 0.390 e. The average Bonchev–Trinajstić information content (AvgIpc) is 3.50. The number of nitrogens with one attached hydrogen (secondary N) is 2. The van der Waals surface area contributed by atoms with Crippen LogP contribution < -0.4 is 15.5 Å². The van der Waals surface area contributed by atoms with Gasteiger partial charge in [0.15, 0.2) is 5.82 Å². The van der Waals surface area contributed by atoms with Crippen molar-refractivity contribution in [3.8, 4) is 11.4 Å². The van der Waals surface area contributed by atoms with Crippen molar-refractivity contribution in [1.29, 1.82) is 0 Å². The van der Waals surface area contributed by atoms with Crippen LogP contribution in [0.2, 0.25) is 0 Å². The van der Waals surface area contributed by atoms with Crippen LogP contribution in [0.5, 0.6) is 0 Å². The zero-order chi connectivity index (χ0) is 22.5. The molecule has 0 amide bonds. The van der Waals surface area contributed by atoms with E-state index >= 15 is 0 Å². The summed E-state index contributed by atoms with van der Waals surface area (Å²) in [4.78, 5) is 21.7. The third-order valence-electron chi connectivity index (χ3n) is 6.99. The molecule has 1 unspecified atom stereocenters. The van der Waals surface area contributed by atoms with E-state index in [-0.39, 0.29) is 0 Å². The number of aromatic nitrogens is 4. The summed E-state index contributed by atoms with van der Waals surface area (Å²) in [6, 6.07) is 14.1. The maximum absolute atomic E-state index is 5.18. The Morgan fingerprint density at radius 1 is 1.00 bits per heavy atom. The first-order chi connectivity index (χ1) is 16.8. The van der Waals surface area contributed by atoms with Gasteiger partial charge in [-0.25, -0.2) is 15.0 Å². The molecular weight excluding hydrogens is 422 g/mol. The lowest BCUT2D eigenvalue weighted by Gasteiger charge is -2.22. The summed E-state index contributed by atoms with van der Waals surface area (Å²) in [7, 11) is 0. The van der Waals surface area contributed by atoms with Crippen LogP contribution >= 0.6 is 0 Å². The third-order valence-corrected chi connectivity index (χ3v) is 6.99. The molecule has 1 atom stereocenters. The van der Waals surface area contributed by atoms with Gasteiger partial charge in [0.05, 0.1) is 11.7 Å². The first-order valence-electron chi connectivity index (χ1n) is 11.9. The third kappa shape index (κ3) is 3.44. The number of nitrogens with zero attached hydrogens (tertiary/aromatic N) is 5. The SMILES string of the molecule is C1=C2CN(c3nc(-c4ccnc(Nc5ccccc5)c4)nc4cncc(C5CC5)c34)CC2CN1. The Morgan fingerprint density at radius 2 is 1.91 bits per heavy atom. The normalized spacial score (nSPS) is 19.1. The van der Waals surface area contributed by atoms with E-state index in [1.807, 2.05) is 61.1 Å². The maximum Gasteiger partial charge on any atom is 0.162 e. The molecule has 1 saturated heterocycles. The molecule has 1 saturated carbocycles. The van der Waals surface area contributed by atoms with Gasteiger partial charge in [-0.1, -0.05) is 18.2 Å². The van der Waals surface area contributed by atoms with E-state index < -0.39 is 0 Å². The molecule has 3 aliphatic rings. The highest BCUT2D eigenvalue weighted by Crippen LogP contribution is 2.45. The van der Waals surface area contributed by atoms with E-state index in [2.05, 4.69) is 31.7 Å². The van der Waals surface area contributed by atoms with Crippen LogP contribution in [0.3, 0.4) is 0 Å². The number of rotatable bonds is 5. The van der Waals surface area contributed by atoms with Gasteiger partial charge in [-0.2, -0.15) is 0 Å². The fourth-order valence-corrected chi connectivity index (χ4v) is 5.11. The molecule has 168 valence electrons. The first-order valence-corrected chi connectivity index (χ1v) is 11.9. The second-order valence-electron chi connectivity index (χ2n) is 9.39. The van der Waals surface area contributed by atoms with E-state index in [0.717, 1.165) is 48.0 Å². The quantitative estimate of drug-likeness (QED) is 0.462. The fourth-order valence-electron chi connectivity index (χ4n) is 5.11. The summed E-state index contributed by atoms with van der Waals surface area (Å²) in [6.45, 7) is 2.90. The summed E-state index contributed by atoms with van der Waals surface area (Å²) in [5.41, 5.74) is 5.62. The number of para-hydroxylation sites is 1. The van der Waals surface area contributed by atoms with E-state index in [9.17, 15) is 0 Å². The number of hydrogen-bond donors (Lipinski definition) is 2. The highest BCUT2D eigenvalue weighted by molar-refractivity contribution is 5.94. The number of benzene rings is 1. The molecule has 7 nitrogen and oxygen atoms in total. The molecular formula is C27H25N7. The van der Waals surface area contributed by atoms with Crippen LogP contribution in [0, 0.1) is 5.92 Å². The van der Waals surface area contributed by atoms with E-state index in [4.69, 9.17) is 9.97 Å². The average molecular weight is 448 g/mol. The van der Waals surface area contributed by atoms with Gasteiger partial charge in [-0.05, 0) is 60.4 Å².